The summed E-state index contributed by atoms with van der Waals surface area (Å²) in [6.45, 7) is 3.04. The second kappa shape index (κ2) is 5.97. The lowest BCUT2D eigenvalue weighted by atomic mass is 10.2. The predicted octanol–water partition coefficient (Wildman–Crippen LogP) is 1.25. The molecule has 0 radical (unpaired) electrons. The molecule has 1 aliphatic heterocycles. The highest BCUT2D eigenvalue weighted by Crippen LogP contribution is 2.26. The zero-order chi connectivity index (χ0) is 13.8. The van der Waals surface area contributed by atoms with Crippen LogP contribution in [-0.4, -0.2) is 35.1 Å². The SMILES string of the molecule is CCOC(=O)C1CCCN1c1ccnc(C(N)=S)c1. The van der Waals surface area contributed by atoms with Gasteiger partial charge in [-0.2, -0.15) is 0 Å². The first-order valence-electron chi connectivity index (χ1n) is 6.32. The van der Waals surface area contributed by atoms with Crippen molar-refractivity contribution in [3.05, 3.63) is 24.0 Å². The summed E-state index contributed by atoms with van der Waals surface area (Å²) in [5.74, 6) is -0.173. The second-order valence-electron chi connectivity index (χ2n) is 4.37. The van der Waals surface area contributed by atoms with Crippen LogP contribution >= 0.6 is 12.2 Å². The predicted molar refractivity (Wildman–Crippen MR) is 77.1 cm³/mol. The first-order valence-corrected chi connectivity index (χ1v) is 6.73. The first kappa shape index (κ1) is 13.7. The molecule has 0 saturated carbocycles. The van der Waals surface area contributed by atoms with E-state index in [1.54, 1.807) is 6.20 Å². The monoisotopic (exact) mass is 279 g/mol. The van der Waals surface area contributed by atoms with Crippen LogP contribution in [0.1, 0.15) is 25.5 Å². The van der Waals surface area contributed by atoms with E-state index in [2.05, 4.69) is 4.98 Å². The van der Waals surface area contributed by atoms with Crippen molar-refractivity contribution < 1.29 is 9.53 Å². The van der Waals surface area contributed by atoms with Crippen LogP contribution in [-0.2, 0) is 9.53 Å². The minimum Gasteiger partial charge on any atom is -0.464 e. The average Bonchev–Trinajstić information content (AvgIpc) is 2.88. The molecule has 0 bridgehead atoms. The summed E-state index contributed by atoms with van der Waals surface area (Å²) >= 11 is 4.92. The highest BCUT2D eigenvalue weighted by Gasteiger charge is 2.32. The number of nitrogens with zero attached hydrogens (tertiary/aromatic N) is 2. The number of rotatable bonds is 4. The number of hydrogen-bond acceptors (Lipinski definition) is 5. The van der Waals surface area contributed by atoms with Crippen LogP contribution in [0.15, 0.2) is 18.3 Å². The van der Waals surface area contributed by atoms with Gasteiger partial charge in [-0.15, -0.1) is 0 Å². The van der Waals surface area contributed by atoms with Gasteiger partial charge in [-0.3, -0.25) is 4.98 Å². The quantitative estimate of drug-likeness (QED) is 0.661. The molecule has 1 fully saturated rings. The van der Waals surface area contributed by atoms with Gasteiger partial charge < -0.3 is 15.4 Å². The lowest BCUT2D eigenvalue weighted by molar-refractivity contribution is -0.144. The van der Waals surface area contributed by atoms with E-state index in [4.69, 9.17) is 22.7 Å². The smallest absolute Gasteiger partial charge is 0.328 e. The van der Waals surface area contributed by atoms with Crippen molar-refractivity contribution in [2.24, 2.45) is 5.73 Å². The number of hydrogen-bond donors (Lipinski definition) is 1. The van der Waals surface area contributed by atoms with Crippen LogP contribution in [0.5, 0.6) is 0 Å². The van der Waals surface area contributed by atoms with Gasteiger partial charge in [-0.1, -0.05) is 12.2 Å². The molecule has 19 heavy (non-hydrogen) atoms. The Morgan fingerprint density at radius 1 is 1.68 bits per heavy atom. The number of nitrogens with two attached hydrogens (primary N) is 1. The molecule has 1 aliphatic rings. The van der Waals surface area contributed by atoms with Crippen molar-refractivity contribution in [2.75, 3.05) is 18.1 Å². The molecule has 0 aliphatic carbocycles. The van der Waals surface area contributed by atoms with Crippen LogP contribution in [0, 0.1) is 0 Å². The van der Waals surface area contributed by atoms with Gasteiger partial charge in [-0.05, 0) is 31.9 Å². The highest BCUT2D eigenvalue weighted by atomic mass is 32.1. The number of pyridine rings is 1. The summed E-state index contributed by atoms with van der Waals surface area (Å²) in [7, 11) is 0. The molecule has 1 aromatic rings. The van der Waals surface area contributed by atoms with Crippen LogP contribution in [0.3, 0.4) is 0 Å². The molecule has 2 N–H and O–H groups in total. The van der Waals surface area contributed by atoms with Gasteiger partial charge in [0.25, 0.3) is 0 Å². The van der Waals surface area contributed by atoms with Crippen molar-refractivity contribution in [3.8, 4) is 0 Å². The molecule has 1 unspecified atom stereocenters. The van der Waals surface area contributed by atoms with E-state index >= 15 is 0 Å². The van der Waals surface area contributed by atoms with Crippen molar-refractivity contribution in [2.45, 2.75) is 25.8 Å². The highest BCUT2D eigenvalue weighted by molar-refractivity contribution is 7.80. The fourth-order valence-electron chi connectivity index (χ4n) is 2.29. The van der Waals surface area contributed by atoms with Gasteiger partial charge in [0.05, 0.1) is 12.3 Å². The minimum atomic E-state index is -0.221. The molecule has 102 valence electrons. The summed E-state index contributed by atoms with van der Waals surface area (Å²) in [5, 5.41) is 0. The Morgan fingerprint density at radius 3 is 3.16 bits per heavy atom. The van der Waals surface area contributed by atoms with Gasteiger partial charge in [0.1, 0.15) is 11.0 Å². The Morgan fingerprint density at radius 2 is 2.47 bits per heavy atom. The summed E-state index contributed by atoms with van der Waals surface area (Å²) in [5.41, 5.74) is 7.06. The molecule has 1 saturated heterocycles. The zero-order valence-corrected chi connectivity index (χ0v) is 11.7. The topological polar surface area (TPSA) is 68.5 Å². The molecule has 5 nitrogen and oxygen atoms in total. The number of thiocarbonyl (C=S) groups is 1. The summed E-state index contributed by atoms with van der Waals surface area (Å²) < 4.78 is 5.11. The maximum Gasteiger partial charge on any atom is 0.328 e. The van der Waals surface area contributed by atoms with E-state index in [1.165, 1.54) is 0 Å². The maximum absolute atomic E-state index is 11.9. The normalized spacial score (nSPS) is 18.4. The van der Waals surface area contributed by atoms with Crippen LogP contribution in [0.4, 0.5) is 5.69 Å². The Kier molecular flexibility index (Phi) is 4.31. The van der Waals surface area contributed by atoms with Crippen molar-refractivity contribution in [1.82, 2.24) is 4.98 Å². The Labute approximate surface area is 117 Å². The number of ether oxygens (including phenoxy) is 1. The Hall–Kier alpha value is -1.69. The summed E-state index contributed by atoms with van der Waals surface area (Å²) in [6, 6.07) is 3.46. The van der Waals surface area contributed by atoms with Gasteiger partial charge in [0.2, 0.25) is 0 Å². The molecule has 0 aromatic carbocycles. The lowest BCUT2D eigenvalue weighted by Gasteiger charge is -2.25. The van der Waals surface area contributed by atoms with E-state index in [9.17, 15) is 4.79 Å². The van der Waals surface area contributed by atoms with E-state index in [1.807, 2.05) is 24.0 Å². The fraction of sp³-hybridized carbons (Fsp3) is 0.462. The van der Waals surface area contributed by atoms with E-state index in [0.717, 1.165) is 25.1 Å². The zero-order valence-electron chi connectivity index (χ0n) is 10.8. The third kappa shape index (κ3) is 3.01. The van der Waals surface area contributed by atoms with Crippen molar-refractivity contribution >= 4 is 28.9 Å². The van der Waals surface area contributed by atoms with E-state index in [-0.39, 0.29) is 17.0 Å². The van der Waals surface area contributed by atoms with E-state index in [0.29, 0.717) is 12.3 Å². The number of carbonyl (C=O) groups is 1. The van der Waals surface area contributed by atoms with Crippen molar-refractivity contribution in [1.29, 1.82) is 0 Å². The largest absolute Gasteiger partial charge is 0.464 e. The Bertz CT molecular complexity index is 493. The van der Waals surface area contributed by atoms with Gasteiger partial charge in [0, 0.05) is 18.4 Å². The maximum atomic E-state index is 11.9. The number of anilines is 1. The summed E-state index contributed by atoms with van der Waals surface area (Å²) in [4.78, 5) is 18.3. The number of aromatic nitrogens is 1. The molecular weight excluding hydrogens is 262 g/mol. The Balaban J connectivity index is 2.22. The molecule has 2 heterocycles. The molecule has 0 amide bonds. The summed E-state index contributed by atoms with van der Waals surface area (Å²) in [6.07, 6.45) is 3.43. The van der Waals surface area contributed by atoms with Crippen molar-refractivity contribution in [3.63, 3.8) is 0 Å². The van der Waals surface area contributed by atoms with Crippen LogP contribution in [0.2, 0.25) is 0 Å². The fourth-order valence-corrected chi connectivity index (χ4v) is 2.40. The molecule has 2 rings (SSSR count). The molecule has 1 aromatic heterocycles. The number of carbonyl (C=O) groups excluding carboxylic acids is 1. The average molecular weight is 279 g/mol. The standard InChI is InChI=1S/C13H17N3O2S/c1-2-18-13(17)11-4-3-7-16(11)9-5-6-15-10(8-9)12(14)19/h5-6,8,11H,2-4,7H2,1H3,(H2,14,19). The van der Waals surface area contributed by atoms with Gasteiger partial charge in [0.15, 0.2) is 0 Å². The van der Waals surface area contributed by atoms with Gasteiger partial charge in [-0.25, -0.2) is 4.79 Å². The van der Waals surface area contributed by atoms with Crippen LogP contribution < -0.4 is 10.6 Å². The molecule has 0 spiro atoms. The van der Waals surface area contributed by atoms with Gasteiger partial charge >= 0.3 is 5.97 Å². The van der Waals surface area contributed by atoms with Crippen LogP contribution in [0.25, 0.3) is 0 Å². The minimum absolute atomic E-state index is 0.173. The lowest BCUT2D eigenvalue weighted by Crippen LogP contribution is -2.37. The molecule has 6 heteroatoms. The first-order chi connectivity index (χ1) is 9.13. The third-order valence-electron chi connectivity index (χ3n) is 3.14. The second-order valence-corrected chi connectivity index (χ2v) is 4.81. The number of esters is 1. The van der Waals surface area contributed by atoms with E-state index < -0.39 is 0 Å². The molecular formula is C13H17N3O2S. The molecule has 1 atom stereocenters. The third-order valence-corrected chi connectivity index (χ3v) is 3.35.